The molecular formula is C12H12CuNO2S. The maximum atomic E-state index is 11.5. The second-order valence-corrected chi connectivity index (χ2v) is 6.67. The molecule has 2 aromatic rings. The van der Waals surface area contributed by atoms with Gasteiger partial charge in [0.25, 0.3) is 0 Å². The van der Waals surface area contributed by atoms with E-state index in [1.807, 2.05) is 37.2 Å². The van der Waals surface area contributed by atoms with Crippen molar-refractivity contribution in [3.63, 3.8) is 0 Å². The van der Waals surface area contributed by atoms with Crippen molar-refractivity contribution in [2.24, 2.45) is 0 Å². The minimum absolute atomic E-state index is 0.193. The van der Waals surface area contributed by atoms with E-state index in [1.54, 1.807) is 18.2 Å². The minimum atomic E-state index is -3.63. The van der Waals surface area contributed by atoms with E-state index < -0.39 is 8.26 Å². The molecule has 0 fully saturated rings. The molecule has 0 aliphatic heterocycles. The summed E-state index contributed by atoms with van der Waals surface area (Å²) in [5.41, 5.74) is 0.973. The molecule has 0 atom stereocenters. The summed E-state index contributed by atoms with van der Waals surface area (Å²) in [4.78, 5) is 2.14. The summed E-state index contributed by atoms with van der Waals surface area (Å²) in [5, 5.41) is 1.56. The zero-order chi connectivity index (χ0) is 12.6. The zero-order valence-corrected chi connectivity index (χ0v) is 11.2. The van der Waals surface area contributed by atoms with Crippen LogP contribution in [0.25, 0.3) is 10.8 Å². The fourth-order valence-corrected chi connectivity index (χ4v) is 3.01. The molecular weight excluding hydrogens is 286 g/mol. The molecule has 0 aliphatic carbocycles. The van der Waals surface area contributed by atoms with Crippen LogP contribution in [0.15, 0.2) is 41.3 Å². The van der Waals surface area contributed by atoms with Crippen LogP contribution in [-0.4, -0.2) is 22.5 Å². The van der Waals surface area contributed by atoms with Crippen molar-refractivity contribution in [2.75, 3.05) is 19.0 Å². The van der Waals surface area contributed by atoms with Gasteiger partial charge in [0.2, 0.25) is 0 Å². The van der Waals surface area contributed by atoms with Gasteiger partial charge in [0, 0.05) is 0 Å². The number of hydrogen-bond donors (Lipinski definition) is 0. The average molecular weight is 298 g/mol. The molecule has 3 nitrogen and oxygen atoms in total. The van der Waals surface area contributed by atoms with Crippen molar-refractivity contribution in [3.8, 4) is 0 Å². The van der Waals surface area contributed by atoms with Gasteiger partial charge in [-0.1, -0.05) is 0 Å². The predicted molar refractivity (Wildman–Crippen MR) is 65.5 cm³/mol. The van der Waals surface area contributed by atoms with E-state index in [4.69, 9.17) is 14.9 Å². The Labute approximate surface area is 108 Å². The third kappa shape index (κ3) is 2.32. The van der Waals surface area contributed by atoms with Crippen LogP contribution in [-0.2, 0) is 23.1 Å². The van der Waals surface area contributed by atoms with Gasteiger partial charge in [-0.15, -0.1) is 0 Å². The summed E-state index contributed by atoms with van der Waals surface area (Å²) >= 11 is 4.71. The molecule has 2 aromatic carbocycles. The topological polar surface area (TPSA) is 37.4 Å². The zero-order valence-electron chi connectivity index (χ0n) is 9.44. The second-order valence-electron chi connectivity index (χ2n) is 3.92. The molecule has 0 unspecified atom stereocenters. The Kier molecular flexibility index (Phi) is 3.17. The van der Waals surface area contributed by atoms with E-state index in [2.05, 4.69) is 0 Å². The third-order valence-electron chi connectivity index (χ3n) is 2.59. The van der Waals surface area contributed by atoms with Crippen LogP contribution in [0.3, 0.4) is 0 Å². The van der Waals surface area contributed by atoms with Crippen molar-refractivity contribution in [2.45, 2.75) is 4.90 Å². The van der Waals surface area contributed by atoms with Gasteiger partial charge >= 0.3 is 108 Å². The Morgan fingerprint density at radius 1 is 1.00 bits per heavy atom. The van der Waals surface area contributed by atoms with E-state index >= 15 is 0 Å². The van der Waals surface area contributed by atoms with Crippen LogP contribution >= 0.6 is 0 Å². The van der Waals surface area contributed by atoms with Gasteiger partial charge in [0.15, 0.2) is 0 Å². The normalized spacial score (nSPS) is 11.8. The molecule has 94 valence electrons. The first-order chi connectivity index (χ1) is 7.91. The molecule has 0 bridgehead atoms. The first-order valence-electron chi connectivity index (χ1n) is 5.02. The summed E-state index contributed by atoms with van der Waals surface area (Å²) in [5.74, 6) is 0. The number of anilines is 1. The standard InChI is InChI=1S/C12H12NO2S.Cu/c1-13(2)11-7-3-6-10-9(11)5-4-8-12(10)16(14)15;/h3-8H,1-2H3;. The van der Waals surface area contributed by atoms with Crippen molar-refractivity contribution in [1.29, 1.82) is 0 Å². The summed E-state index contributed by atoms with van der Waals surface area (Å²) in [6, 6.07) is 10.7. The van der Waals surface area contributed by atoms with Crippen LogP contribution in [0.2, 0.25) is 0 Å². The Morgan fingerprint density at radius 3 is 2.18 bits per heavy atom. The monoisotopic (exact) mass is 297 g/mol. The maximum absolute atomic E-state index is 11.5. The van der Waals surface area contributed by atoms with Gasteiger partial charge in [0.05, 0.1) is 0 Å². The number of rotatable bonds is 2. The molecule has 0 N–H and O–H groups in total. The molecule has 0 amide bonds. The Morgan fingerprint density at radius 2 is 1.59 bits per heavy atom. The predicted octanol–water partition coefficient (Wildman–Crippen LogP) is 2.14. The molecule has 0 radical (unpaired) electrons. The van der Waals surface area contributed by atoms with Gasteiger partial charge in [0.1, 0.15) is 0 Å². The fourth-order valence-electron chi connectivity index (χ4n) is 1.85. The number of benzene rings is 2. The van der Waals surface area contributed by atoms with Gasteiger partial charge in [-0.25, -0.2) is 0 Å². The van der Waals surface area contributed by atoms with Gasteiger partial charge in [-0.3, -0.25) is 0 Å². The second kappa shape index (κ2) is 4.33. The first-order valence-corrected chi connectivity index (χ1v) is 7.49. The van der Waals surface area contributed by atoms with Crippen LogP contribution in [0.5, 0.6) is 0 Å². The summed E-state index contributed by atoms with van der Waals surface area (Å²) in [6.45, 7) is 0. The first kappa shape index (κ1) is 12.4. The Bertz CT molecular complexity index is 665. The van der Waals surface area contributed by atoms with Gasteiger partial charge in [-0.05, 0) is 0 Å². The molecule has 0 aromatic heterocycles. The number of fused-ring (bicyclic) bond motifs is 1. The van der Waals surface area contributed by atoms with Gasteiger partial charge < -0.3 is 0 Å². The summed E-state index contributed by atoms with van der Waals surface area (Å²) < 4.78 is 23.0. The summed E-state index contributed by atoms with van der Waals surface area (Å²) in [7, 11) is 0.210. The van der Waals surface area contributed by atoms with Crippen LogP contribution in [0, 0.1) is 0 Å². The third-order valence-corrected chi connectivity index (χ3v) is 4.06. The van der Waals surface area contributed by atoms with Crippen molar-refractivity contribution < 1.29 is 23.3 Å². The van der Waals surface area contributed by atoms with Crippen LogP contribution in [0.4, 0.5) is 5.69 Å². The van der Waals surface area contributed by atoms with E-state index in [0.29, 0.717) is 5.39 Å². The van der Waals surface area contributed by atoms with E-state index in [-0.39, 0.29) is 4.90 Å². The molecule has 0 aliphatic rings. The van der Waals surface area contributed by atoms with Crippen LogP contribution in [0.1, 0.15) is 0 Å². The van der Waals surface area contributed by atoms with Crippen molar-refractivity contribution in [3.05, 3.63) is 36.4 Å². The molecule has 2 rings (SSSR count). The molecule has 5 heteroatoms. The number of hydrogen-bond acceptors (Lipinski definition) is 3. The average Bonchev–Trinajstić information content (AvgIpc) is 2.26. The van der Waals surface area contributed by atoms with Crippen LogP contribution < -0.4 is 4.90 Å². The molecule has 0 saturated carbocycles. The molecule has 0 saturated heterocycles. The van der Waals surface area contributed by atoms with E-state index in [0.717, 1.165) is 11.1 Å². The quantitative estimate of drug-likeness (QED) is 0.797. The Hall–Kier alpha value is -1.03. The molecule has 17 heavy (non-hydrogen) atoms. The Balaban J connectivity index is 2.89. The number of nitrogens with zero attached hydrogens (tertiary/aromatic N) is 1. The SMILES string of the molecule is CN(C)c1cccc2c([S](=O)(=O)[Cu])cccc12. The fraction of sp³-hybridized carbons (Fsp3) is 0.167. The van der Waals surface area contributed by atoms with Crippen molar-refractivity contribution in [1.82, 2.24) is 0 Å². The van der Waals surface area contributed by atoms with E-state index in [1.165, 1.54) is 0 Å². The molecule has 0 heterocycles. The van der Waals surface area contributed by atoms with Gasteiger partial charge in [-0.2, -0.15) is 0 Å². The molecule has 0 spiro atoms. The summed E-state index contributed by atoms with van der Waals surface area (Å²) in [6.07, 6.45) is 0. The van der Waals surface area contributed by atoms with Crippen molar-refractivity contribution >= 4 is 24.7 Å². The van der Waals surface area contributed by atoms with E-state index in [9.17, 15) is 8.42 Å².